The summed E-state index contributed by atoms with van der Waals surface area (Å²) in [5.74, 6) is 1.28. The van der Waals surface area contributed by atoms with Gasteiger partial charge < -0.3 is 20.1 Å². The van der Waals surface area contributed by atoms with E-state index in [-0.39, 0.29) is 36.8 Å². The van der Waals surface area contributed by atoms with E-state index in [0.717, 1.165) is 42.2 Å². The van der Waals surface area contributed by atoms with Gasteiger partial charge in [0.1, 0.15) is 9.88 Å². The molecular weight excluding hydrogens is 409 g/mol. The zero-order chi connectivity index (χ0) is 17.8. The van der Waals surface area contributed by atoms with Crippen molar-refractivity contribution in [2.75, 3.05) is 27.3 Å². The van der Waals surface area contributed by atoms with Crippen LogP contribution in [0.25, 0.3) is 10.6 Å². The second kappa shape index (κ2) is 10.7. The van der Waals surface area contributed by atoms with Crippen molar-refractivity contribution in [3.8, 4) is 22.1 Å². The predicted octanol–water partition coefficient (Wildman–Crippen LogP) is 3.46. The van der Waals surface area contributed by atoms with Crippen molar-refractivity contribution in [1.29, 1.82) is 0 Å². The number of rotatable bonds is 5. The maximum atomic E-state index is 12.6. The van der Waals surface area contributed by atoms with E-state index in [0.29, 0.717) is 16.4 Å². The van der Waals surface area contributed by atoms with E-state index in [1.165, 1.54) is 11.3 Å². The summed E-state index contributed by atoms with van der Waals surface area (Å²) in [5, 5.41) is 7.23. The molecule has 3 rings (SSSR count). The number of amides is 1. The number of aryl methyl sites for hydroxylation is 1. The van der Waals surface area contributed by atoms with E-state index >= 15 is 0 Å². The minimum absolute atomic E-state index is 0. The highest BCUT2D eigenvalue weighted by Gasteiger charge is 2.21. The largest absolute Gasteiger partial charge is 0.493 e. The zero-order valence-electron chi connectivity index (χ0n) is 15.5. The molecule has 1 aliphatic rings. The van der Waals surface area contributed by atoms with Crippen LogP contribution in [0.3, 0.4) is 0 Å². The highest BCUT2D eigenvalue weighted by molar-refractivity contribution is 7.17. The summed E-state index contributed by atoms with van der Waals surface area (Å²) in [7, 11) is 3.21. The van der Waals surface area contributed by atoms with Crippen LogP contribution in [0, 0.1) is 6.92 Å². The first-order valence-electron chi connectivity index (χ1n) is 8.33. The van der Waals surface area contributed by atoms with Crippen molar-refractivity contribution in [3.63, 3.8) is 0 Å². The molecule has 1 aliphatic heterocycles. The molecular formula is C18H25Cl2N3O3S. The van der Waals surface area contributed by atoms with E-state index in [9.17, 15) is 4.79 Å². The highest BCUT2D eigenvalue weighted by atomic mass is 35.5. The van der Waals surface area contributed by atoms with Crippen LogP contribution in [0.5, 0.6) is 11.5 Å². The molecule has 2 aromatic rings. The van der Waals surface area contributed by atoms with E-state index in [2.05, 4.69) is 15.6 Å². The van der Waals surface area contributed by atoms with Crippen LogP contribution in [-0.4, -0.2) is 44.2 Å². The Morgan fingerprint density at radius 3 is 2.48 bits per heavy atom. The molecule has 0 spiro atoms. The maximum Gasteiger partial charge on any atom is 0.263 e. The molecule has 0 bridgehead atoms. The number of halogens is 2. The molecule has 1 saturated heterocycles. The Kier molecular flexibility index (Phi) is 9.32. The second-order valence-electron chi connectivity index (χ2n) is 6.00. The average Bonchev–Trinajstić information content (AvgIpc) is 3.03. The molecule has 6 nitrogen and oxygen atoms in total. The molecule has 1 aromatic heterocycles. The quantitative estimate of drug-likeness (QED) is 0.754. The van der Waals surface area contributed by atoms with Gasteiger partial charge in [-0.2, -0.15) is 0 Å². The lowest BCUT2D eigenvalue weighted by molar-refractivity contribution is 0.0933. The van der Waals surface area contributed by atoms with Gasteiger partial charge in [0.2, 0.25) is 0 Å². The molecule has 9 heteroatoms. The molecule has 1 amide bonds. The number of methoxy groups -OCH3 is 2. The monoisotopic (exact) mass is 433 g/mol. The van der Waals surface area contributed by atoms with Gasteiger partial charge in [0.25, 0.3) is 5.91 Å². The third kappa shape index (κ3) is 5.48. The van der Waals surface area contributed by atoms with Gasteiger partial charge >= 0.3 is 0 Å². The fourth-order valence-corrected chi connectivity index (χ4v) is 3.88. The third-order valence-electron chi connectivity index (χ3n) is 4.31. The number of hydrogen-bond acceptors (Lipinski definition) is 6. The van der Waals surface area contributed by atoms with E-state index in [1.807, 2.05) is 25.1 Å². The molecule has 150 valence electrons. The van der Waals surface area contributed by atoms with Crippen molar-refractivity contribution < 1.29 is 14.3 Å². The number of nitrogens with zero attached hydrogens (tertiary/aromatic N) is 1. The van der Waals surface area contributed by atoms with E-state index in [1.54, 1.807) is 14.2 Å². The fourth-order valence-electron chi connectivity index (χ4n) is 2.92. The standard InChI is InChI=1S/C18H23N3O3S.2ClH/c1-11-16(17(22)21-13-6-8-19-9-7-13)25-18(20-11)12-4-5-14(23-2)15(10-12)24-3;;/h4-5,10,13,19H,6-9H2,1-3H3,(H,21,22);2*1H. The molecule has 0 radical (unpaired) electrons. The van der Waals surface area contributed by atoms with Crippen LogP contribution in [0.15, 0.2) is 18.2 Å². The first-order chi connectivity index (χ1) is 12.1. The zero-order valence-corrected chi connectivity index (χ0v) is 18.0. The van der Waals surface area contributed by atoms with Gasteiger partial charge in [-0.05, 0) is 51.1 Å². The first-order valence-corrected chi connectivity index (χ1v) is 9.15. The van der Waals surface area contributed by atoms with Crippen LogP contribution in [0.2, 0.25) is 0 Å². The van der Waals surface area contributed by atoms with Crippen LogP contribution < -0.4 is 20.1 Å². The summed E-state index contributed by atoms with van der Waals surface area (Å²) < 4.78 is 10.6. The summed E-state index contributed by atoms with van der Waals surface area (Å²) in [5.41, 5.74) is 1.66. The average molecular weight is 434 g/mol. The Balaban J connectivity index is 0.00000182. The molecule has 27 heavy (non-hydrogen) atoms. The topological polar surface area (TPSA) is 72.5 Å². The Morgan fingerprint density at radius 2 is 1.85 bits per heavy atom. The van der Waals surface area contributed by atoms with Gasteiger partial charge in [0.05, 0.1) is 19.9 Å². The summed E-state index contributed by atoms with van der Waals surface area (Å²) in [6.07, 6.45) is 1.93. The number of nitrogens with one attached hydrogen (secondary N) is 2. The molecule has 2 N–H and O–H groups in total. The number of benzene rings is 1. The van der Waals surface area contributed by atoms with Crippen LogP contribution >= 0.6 is 36.2 Å². The van der Waals surface area contributed by atoms with E-state index in [4.69, 9.17) is 9.47 Å². The Morgan fingerprint density at radius 1 is 1.19 bits per heavy atom. The second-order valence-corrected chi connectivity index (χ2v) is 7.00. The molecule has 0 atom stereocenters. The minimum atomic E-state index is -0.0337. The molecule has 2 heterocycles. The lowest BCUT2D eigenvalue weighted by Crippen LogP contribution is -2.42. The summed E-state index contributed by atoms with van der Waals surface area (Å²) in [6, 6.07) is 5.89. The van der Waals surface area contributed by atoms with Crippen molar-refractivity contribution >= 4 is 42.1 Å². The normalized spacial score (nSPS) is 13.9. The van der Waals surface area contributed by atoms with Crippen LogP contribution in [-0.2, 0) is 0 Å². The number of thiazole rings is 1. The molecule has 1 fully saturated rings. The Labute approximate surface area is 175 Å². The first kappa shape index (κ1) is 23.5. The Bertz CT molecular complexity index is 764. The molecule has 0 unspecified atom stereocenters. The van der Waals surface area contributed by atoms with Gasteiger partial charge in [-0.1, -0.05) is 0 Å². The number of piperidine rings is 1. The number of aromatic nitrogens is 1. The van der Waals surface area contributed by atoms with Crippen LogP contribution in [0.4, 0.5) is 0 Å². The highest BCUT2D eigenvalue weighted by Crippen LogP contribution is 2.35. The third-order valence-corrected chi connectivity index (χ3v) is 5.51. The number of carbonyl (C=O) groups is 1. The summed E-state index contributed by atoms with van der Waals surface area (Å²) in [4.78, 5) is 17.8. The van der Waals surface area contributed by atoms with E-state index < -0.39 is 0 Å². The smallest absolute Gasteiger partial charge is 0.263 e. The maximum absolute atomic E-state index is 12.6. The van der Waals surface area contributed by atoms with Crippen molar-refractivity contribution in [3.05, 3.63) is 28.8 Å². The van der Waals surface area contributed by atoms with Gasteiger partial charge in [0, 0.05) is 11.6 Å². The predicted molar refractivity (Wildman–Crippen MR) is 113 cm³/mol. The van der Waals surface area contributed by atoms with Crippen molar-refractivity contribution in [2.24, 2.45) is 0 Å². The SMILES string of the molecule is COc1ccc(-c2nc(C)c(C(=O)NC3CCNCC3)s2)cc1OC.Cl.Cl. The van der Waals surface area contributed by atoms with Gasteiger partial charge in [-0.15, -0.1) is 36.2 Å². The minimum Gasteiger partial charge on any atom is -0.493 e. The lowest BCUT2D eigenvalue weighted by Gasteiger charge is -2.23. The molecule has 0 aliphatic carbocycles. The van der Waals surface area contributed by atoms with Crippen LogP contribution in [0.1, 0.15) is 28.2 Å². The molecule has 0 saturated carbocycles. The number of ether oxygens (including phenoxy) is 2. The lowest BCUT2D eigenvalue weighted by atomic mass is 10.1. The van der Waals surface area contributed by atoms with Crippen molar-refractivity contribution in [2.45, 2.75) is 25.8 Å². The molecule has 1 aromatic carbocycles. The van der Waals surface area contributed by atoms with Gasteiger partial charge in [-0.3, -0.25) is 4.79 Å². The summed E-state index contributed by atoms with van der Waals surface area (Å²) >= 11 is 1.41. The summed E-state index contributed by atoms with van der Waals surface area (Å²) in [6.45, 7) is 3.77. The van der Waals surface area contributed by atoms with Gasteiger partial charge in [-0.25, -0.2) is 4.98 Å². The Hall–Kier alpha value is -1.54. The number of hydrogen-bond donors (Lipinski definition) is 2. The van der Waals surface area contributed by atoms with Crippen molar-refractivity contribution in [1.82, 2.24) is 15.6 Å². The van der Waals surface area contributed by atoms with Gasteiger partial charge in [0.15, 0.2) is 11.5 Å². The number of carbonyl (C=O) groups excluding carboxylic acids is 1. The fraction of sp³-hybridized carbons (Fsp3) is 0.444.